The maximum absolute atomic E-state index is 4.86. The fourth-order valence-corrected chi connectivity index (χ4v) is 4.26. The van der Waals surface area contributed by atoms with Gasteiger partial charge in [0.1, 0.15) is 11.2 Å². The van der Waals surface area contributed by atoms with Gasteiger partial charge in [-0.05, 0) is 55.6 Å². The molecule has 0 spiro atoms. The van der Waals surface area contributed by atoms with Crippen LogP contribution in [-0.4, -0.2) is 48.2 Å². The molecule has 0 radical (unpaired) electrons. The van der Waals surface area contributed by atoms with Gasteiger partial charge in [0.15, 0.2) is 17.1 Å². The fourth-order valence-electron chi connectivity index (χ4n) is 4.26. The Morgan fingerprint density at radius 3 is 2.77 bits per heavy atom. The number of aromatic nitrogens is 7. The van der Waals surface area contributed by atoms with E-state index < -0.39 is 0 Å². The van der Waals surface area contributed by atoms with Crippen LogP contribution in [-0.2, 0) is 0 Å². The van der Waals surface area contributed by atoms with Crippen LogP contribution in [0.3, 0.4) is 0 Å². The Bertz CT molecular complexity index is 1330. The van der Waals surface area contributed by atoms with Gasteiger partial charge in [0.05, 0.1) is 5.39 Å². The molecular formula is C22H20N8. The van der Waals surface area contributed by atoms with E-state index in [1.165, 1.54) is 5.56 Å². The SMILES string of the molecule is c1cncc(-c2ccnc3[nH]c(-c4n[nH]c5ncc(C6CCNCC6)cc45)nc23)c1. The van der Waals surface area contributed by atoms with Gasteiger partial charge in [0, 0.05) is 35.9 Å². The number of piperidine rings is 1. The first-order valence-electron chi connectivity index (χ1n) is 10.2. The third kappa shape index (κ3) is 2.84. The van der Waals surface area contributed by atoms with Crippen LogP contribution in [0.4, 0.5) is 0 Å². The van der Waals surface area contributed by atoms with Gasteiger partial charge in [-0.15, -0.1) is 0 Å². The van der Waals surface area contributed by atoms with Crippen LogP contribution >= 0.6 is 0 Å². The Morgan fingerprint density at radius 2 is 1.90 bits per heavy atom. The number of nitrogens with zero attached hydrogens (tertiary/aromatic N) is 5. The Balaban J connectivity index is 1.47. The molecule has 0 aromatic carbocycles. The molecule has 0 atom stereocenters. The smallest absolute Gasteiger partial charge is 0.161 e. The van der Waals surface area contributed by atoms with Crippen LogP contribution < -0.4 is 5.32 Å². The van der Waals surface area contributed by atoms with Crippen LogP contribution in [0.15, 0.2) is 49.1 Å². The molecule has 8 nitrogen and oxygen atoms in total. The summed E-state index contributed by atoms with van der Waals surface area (Å²) in [6.07, 6.45) is 9.61. The second-order valence-corrected chi connectivity index (χ2v) is 7.64. The highest BCUT2D eigenvalue weighted by molar-refractivity contribution is 5.94. The molecule has 5 aromatic heterocycles. The number of fused-ring (bicyclic) bond motifs is 2. The Kier molecular flexibility index (Phi) is 4.02. The zero-order valence-corrected chi connectivity index (χ0v) is 16.3. The molecule has 1 aliphatic rings. The van der Waals surface area contributed by atoms with E-state index in [0.717, 1.165) is 64.9 Å². The number of rotatable bonds is 3. The second-order valence-electron chi connectivity index (χ2n) is 7.64. The quantitative estimate of drug-likeness (QED) is 0.431. The minimum Gasteiger partial charge on any atom is -0.321 e. The largest absolute Gasteiger partial charge is 0.321 e. The molecular weight excluding hydrogens is 376 g/mol. The van der Waals surface area contributed by atoms with Gasteiger partial charge in [0.2, 0.25) is 0 Å². The van der Waals surface area contributed by atoms with Gasteiger partial charge in [-0.3, -0.25) is 10.1 Å². The number of aromatic amines is 2. The van der Waals surface area contributed by atoms with Crippen molar-refractivity contribution in [2.24, 2.45) is 0 Å². The van der Waals surface area contributed by atoms with Crippen molar-refractivity contribution in [2.45, 2.75) is 18.8 Å². The molecule has 1 aliphatic heterocycles. The number of hydrogen-bond acceptors (Lipinski definition) is 6. The van der Waals surface area contributed by atoms with E-state index in [2.05, 4.69) is 41.5 Å². The molecule has 6 heterocycles. The second kappa shape index (κ2) is 7.00. The Hall–Kier alpha value is -3.65. The van der Waals surface area contributed by atoms with Crippen LogP contribution in [0, 0.1) is 0 Å². The third-order valence-corrected chi connectivity index (χ3v) is 5.83. The first-order valence-corrected chi connectivity index (χ1v) is 10.2. The topological polar surface area (TPSA) is 108 Å². The number of nitrogens with one attached hydrogen (secondary N) is 3. The van der Waals surface area contributed by atoms with Crippen LogP contribution in [0.2, 0.25) is 0 Å². The summed E-state index contributed by atoms with van der Waals surface area (Å²) in [5.41, 5.74) is 6.32. The molecule has 148 valence electrons. The van der Waals surface area contributed by atoms with Gasteiger partial charge in [-0.1, -0.05) is 6.07 Å². The van der Waals surface area contributed by atoms with Gasteiger partial charge in [-0.25, -0.2) is 15.0 Å². The van der Waals surface area contributed by atoms with Crippen molar-refractivity contribution in [2.75, 3.05) is 13.1 Å². The van der Waals surface area contributed by atoms with Crippen molar-refractivity contribution in [3.63, 3.8) is 0 Å². The summed E-state index contributed by atoms with van der Waals surface area (Å²) in [6.45, 7) is 2.10. The molecule has 1 fully saturated rings. The lowest BCUT2D eigenvalue weighted by molar-refractivity contribution is 0.460. The van der Waals surface area contributed by atoms with E-state index >= 15 is 0 Å². The normalized spacial score (nSPS) is 15.2. The van der Waals surface area contributed by atoms with E-state index in [-0.39, 0.29) is 0 Å². The van der Waals surface area contributed by atoms with Crippen LogP contribution in [0.1, 0.15) is 24.3 Å². The minimum absolute atomic E-state index is 0.528. The third-order valence-electron chi connectivity index (χ3n) is 5.83. The number of imidazole rings is 1. The van der Waals surface area contributed by atoms with E-state index in [4.69, 9.17) is 4.98 Å². The lowest BCUT2D eigenvalue weighted by atomic mass is 9.91. The summed E-state index contributed by atoms with van der Waals surface area (Å²) >= 11 is 0. The molecule has 6 rings (SSSR count). The molecule has 30 heavy (non-hydrogen) atoms. The highest BCUT2D eigenvalue weighted by Crippen LogP contribution is 2.32. The minimum atomic E-state index is 0.528. The highest BCUT2D eigenvalue weighted by Gasteiger charge is 2.20. The number of pyridine rings is 3. The van der Waals surface area contributed by atoms with Gasteiger partial charge < -0.3 is 10.3 Å². The van der Waals surface area contributed by atoms with Crippen LogP contribution in [0.25, 0.3) is 44.8 Å². The van der Waals surface area contributed by atoms with Crippen molar-refractivity contribution in [1.29, 1.82) is 0 Å². The maximum atomic E-state index is 4.86. The predicted octanol–water partition coefficient (Wildman–Crippen LogP) is 3.43. The predicted molar refractivity (Wildman–Crippen MR) is 115 cm³/mol. The summed E-state index contributed by atoms with van der Waals surface area (Å²) < 4.78 is 0. The molecule has 1 saturated heterocycles. The standard InChI is InChI=1S/C22H20N8/c1-2-14(11-24-6-1)16-5-9-25-21-18(16)27-22(28-21)19-17-10-15(12-26-20(17)30-29-19)13-3-7-23-8-4-13/h1-2,5-6,9-13,23H,3-4,7-8H2,(H,25,27,28)(H,26,29,30). The molecule has 0 aliphatic carbocycles. The average molecular weight is 396 g/mol. The molecule has 0 unspecified atom stereocenters. The average Bonchev–Trinajstić information content (AvgIpc) is 3.43. The summed E-state index contributed by atoms with van der Waals surface area (Å²) in [5, 5.41) is 12.0. The lowest BCUT2D eigenvalue weighted by Gasteiger charge is -2.22. The summed E-state index contributed by atoms with van der Waals surface area (Å²) in [6, 6.07) is 8.11. The van der Waals surface area contributed by atoms with E-state index in [1.807, 2.05) is 30.6 Å². The van der Waals surface area contributed by atoms with E-state index in [9.17, 15) is 0 Å². The zero-order valence-electron chi connectivity index (χ0n) is 16.3. The van der Waals surface area contributed by atoms with E-state index in [1.54, 1.807) is 12.4 Å². The number of H-pyrrole nitrogens is 2. The van der Waals surface area contributed by atoms with Gasteiger partial charge in [-0.2, -0.15) is 5.10 Å². The van der Waals surface area contributed by atoms with Crippen molar-refractivity contribution in [3.8, 4) is 22.6 Å². The number of hydrogen-bond donors (Lipinski definition) is 3. The molecule has 0 amide bonds. The van der Waals surface area contributed by atoms with Crippen molar-refractivity contribution in [3.05, 3.63) is 54.6 Å². The van der Waals surface area contributed by atoms with Crippen LogP contribution in [0.5, 0.6) is 0 Å². The van der Waals surface area contributed by atoms with Crippen molar-refractivity contribution < 1.29 is 0 Å². The highest BCUT2D eigenvalue weighted by atomic mass is 15.2. The maximum Gasteiger partial charge on any atom is 0.161 e. The zero-order chi connectivity index (χ0) is 19.9. The summed E-state index contributed by atoms with van der Waals surface area (Å²) in [5.74, 6) is 1.21. The van der Waals surface area contributed by atoms with Gasteiger partial charge >= 0.3 is 0 Å². The summed E-state index contributed by atoms with van der Waals surface area (Å²) in [4.78, 5) is 21.5. The first kappa shape index (κ1) is 17.2. The lowest BCUT2D eigenvalue weighted by Crippen LogP contribution is -2.26. The van der Waals surface area contributed by atoms with Crippen molar-refractivity contribution in [1.82, 2.24) is 40.4 Å². The molecule has 3 N–H and O–H groups in total. The fraction of sp³-hybridized carbons (Fsp3) is 0.227. The molecule has 0 saturated carbocycles. The molecule has 5 aromatic rings. The van der Waals surface area contributed by atoms with E-state index in [0.29, 0.717) is 11.7 Å². The Morgan fingerprint density at radius 1 is 0.967 bits per heavy atom. The molecule has 8 heteroatoms. The molecule has 0 bridgehead atoms. The van der Waals surface area contributed by atoms with Crippen molar-refractivity contribution >= 4 is 22.2 Å². The summed E-state index contributed by atoms with van der Waals surface area (Å²) in [7, 11) is 0. The van der Waals surface area contributed by atoms with Gasteiger partial charge in [0.25, 0.3) is 0 Å². The Labute approximate surface area is 172 Å². The first-order chi connectivity index (χ1) is 14.9. The monoisotopic (exact) mass is 396 g/mol.